The van der Waals surface area contributed by atoms with Gasteiger partial charge in [0.05, 0.1) is 0 Å². The van der Waals surface area contributed by atoms with Crippen LogP contribution in [0, 0.1) is 12.8 Å². The lowest BCUT2D eigenvalue weighted by atomic mass is 9.96. The molecule has 2 aromatic rings. The minimum Gasteiger partial charge on any atom is -0.426 e. The van der Waals surface area contributed by atoms with Crippen LogP contribution in [-0.4, -0.2) is 24.7 Å². The Morgan fingerprint density at radius 1 is 1.12 bits per heavy atom. The van der Waals surface area contributed by atoms with E-state index < -0.39 is 5.97 Å². The number of hydrogen-bond acceptors (Lipinski definition) is 4. The molecule has 0 aliphatic carbocycles. The third-order valence-corrected chi connectivity index (χ3v) is 3.79. The van der Waals surface area contributed by atoms with Gasteiger partial charge in [-0.1, -0.05) is 31.5 Å². The van der Waals surface area contributed by atoms with Crippen molar-refractivity contribution in [3.63, 3.8) is 0 Å². The van der Waals surface area contributed by atoms with Crippen molar-refractivity contribution in [1.29, 1.82) is 0 Å². The van der Waals surface area contributed by atoms with E-state index in [1.54, 1.807) is 24.3 Å². The molecule has 1 amide bonds. The van der Waals surface area contributed by atoms with E-state index in [0.29, 0.717) is 34.7 Å². The summed E-state index contributed by atoms with van der Waals surface area (Å²) in [5, 5.41) is 2.83. The summed E-state index contributed by atoms with van der Waals surface area (Å²) in [6, 6.07) is 10.3. The van der Waals surface area contributed by atoms with Gasteiger partial charge >= 0.3 is 5.97 Å². The van der Waals surface area contributed by atoms with E-state index in [1.807, 2.05) is 26.8 Å². The van der Waals surface area contributed by atoms with Crippen LogP contribution >= 0.6 is 0 Å². The van der Waals surface area contributed by atoms with Gasteiger partial charge in [0.1, 0.15) is 5.75 Å². The van der Waals surface area contributed by atoms with Gasteiger partial charge in [0, 0.05) is 30.2 Å². The van der Waals surface area contributed by atoms with Crippen LogP contribution in [0.4, 0.5) is 0 Å². The average Bonchev–Trinajstić information content (AvgIpc) is 2.59. The molecule has 0 aromatic heterocycles. The third-order valence-electron chi connectivity index (χ3n) is 3.79. The minimum absolute atomic E-state index is 0.238. The molecule has 0 bridgehead atoms. The van der Waals surface area contributed by atoms with Gasteiger partial charge in [0.2, 0.25) is 0 Å². The van der Waals surface area contributed by atoms with E-state index in [0.717, 1.165) is 11.8 Å². The fourth-order valence-corrected chi connectivity index (χ4v) is 2.55. The molecule has 0 saturated carbocycles. The SMILES string of the molecule is CC(=O)Oc1cc(C(=O)NCC(C)C)ccc1-c1ccc(C)cc1C=O. The molecule has 0 heterocycles. The van der Waals surface area contributed by atoms with Crippen molar-refractivity contribution in [3.05, 3.63) is 53.1 Å². The molecular formula is C21H23NO4. The van der Waals surface area contributed by atoms with Gasteiger partial charge in [-0.3, -0.25) is 14.4 Å². The van der Waals surface area contributed by atoms with Crippen molar-refractivity contribution in [2.24, 2.45) is 5.92 Å². The molecule has 0 saturated heterocycles. The molecule has 0 atom stereocenters. The Morgan fingerprint density at radius 3 is 2.42 bits per heavy atom. The van der Waals surface area contributed by atoms with Crippen LogP contribution in [0.25, 0.3) is 11.1 Å². The molecule has 1 N–H and O–H groups in total. The van der Waals surface area contributed by atoms with E-state index in [9.17, 15) is 14.4 Å². The van der Waals surface area contributed by atoms with Gasteiger partial charge in [-0.2, -0.15) is 0 Å². The van der Waals surface area contributed by atoms with Gasteiger partial charge in [-0.25, -0.2) is 0 Å². The second kappa shape index (κ2) is 8.43. The van der Waals surface area contributed by atoms with E-state index in [-0.39, 0.29) is 11.7 Å². The molecule has 5 nitrogen and oxygen atoms in total. The minimum atomic E-state index is -0.495. The number of hydrogen-bond donors (Lipinski definition) is 1. The number of ether oxygens (including phenoxy) is 1. The molecule has 5 heteroatoms. The highest BCUT2D eigenvalue weighted by Gasteiger charge is 2.16. The molecular weight excluding hydrogens is 330 g/mol. The lowest BCUT2D eigenvalue weighted by Crippen LogP contribution is -2.27. The van der Waals surface area contributed by atoms with Crippen molar-refractivity contribution < 1.29 is 19.1 Å². The van der Waals surface area contributed by atoms with E-state index >= 15 is 0 Å². The Balaban J connectivity index is 2.48. The maximum absolute atomic E-state index is 12.3. The Bertz CT molecular complexity index is 840. The van der Waals surface area contributed by atoms with Crippen LogP contribution in [-0.2, 0) is 4.79 Å². The molecule has 0 aliphatic heterocycles. The molecule has 0 aliphatic rings. The van der Waals surface area contributed by atoms with Gasteiger partial charge in [0.15, 0.2) is 6.29 Å². The third kappa shape index (κ3) is 4.79. The van der Waals surface area contributed by atoms with Crippen molar-refractivity contribution >= 4 is 18.2 Å². The second-order valence-electron chi connectivity index (χ2n) is 6.62. The lowest BCUT2D eigenvalue weighted by molar-refractivity contribution is -0.131. The van der Waals surface area contributed by atoms with Crippen LogP contribution in [0.1, 0.15) is 47.1 Å². The van der Waals surface area contributed by atoms with E-state index in [2.05, 4.69) is 5.32 Å². The predicted molar refractivity (Wildman–Crippen MR) is 100 cm³/mol. The zero-order chi connectivity index (χ0) is 19.3. The van der Waals surface area contributed by atoms with Crippen LogP contribution in [0.15, 0.2) is 36.4 Å². The Morgan fingerprint density at radius 2 is 1.81 bits per heavy atom. The van der Waals surface area contributed by atoms with Gasteiger partial charge in [0.25, 0.3) is 5.91 Å². The number of nitrogens with one attached hydrogen (secondary N) is 1. The van der Waals surface area contributed by atoms with Crippen molar-refractivity contribution in [1.82, 2.24) is 5.32 Å². The number of aldehydes is 1. The van der Waals surface area contributed by atoms with Crippen LogP contribution in [0.2, 0.25) is 0 Å². The highest BCUT2D eigenvalue weighted by Crippen LogP contribution is 2.33. The maximum atomic E-state index is 12.3. The Kier molecular flexibility index (Phi) is 6.28. The number of carbonyl (C=O) groups is 3. The quantitative estimate of drug-likeness (QED) is 0.487. The zero-order valence-corrected chi connectivity index (χ0v) is 15.5. The number of aryl methyl sites for hydroxylation is 1. The van der Waals surface area contributed by atoms with Crippen LogP contribution in [0.5, 0.6) is 5.75 Å². The van der Waals surface area contributed by atoms with E-state index in [1.165, 1.54) is 13.0 Å². The van der Waals surface area contributed by atoms with Crippen LogP contribution < -0.4 is 10.1 Å². The topological polar surface area (TPSA) is 72.5 Å². The van der Waals surface area contributed by atoms with Crippen molar-refractivity contribution in [2.45, 2.75) is 27.7 Å². The summed E-state index contributed by atoms with van der Waals surface area (Å²) in [6.45, 7) is 7.76. The average molecular weight is 353 g/mol. The molecule has 0 unspecified atom stereocenters. The first kappa shape index (κ1) is 19.4. The van der Waals surface area contributed by atoms with Crippen LogP contribution in [0.3, 0.4) is 0 Å². The summed E-state index contributed by atoms with van der Waals surface area (Å²) in [6.07, 6.45) is 0.767. The molecule has 2 rings (SSSR count). The van der Waals surface area contributed by atoms with Gasteiger partial charge in [-0.05, 0) is 42.7 Å². The smallest absolute Gasteiger partial charge is 0.308 e. The largest absolute Gasteiger partial charge is 0.426 e. The summed E-state index contributed by atoms with van der Waals surface area (Å²) in [4.78, 5) is 35.2. The Hall–Kier alpha value is -2.95. The molecule has 0 spiro atoms. The number of esters is 1. The second-order valence-corrected chi connectivity index (χ2v) is 6.62. The highest BCUT2D eigenvalue weighted by molar-refractivity contribution is 5.97. The first-order valence-electron chi connectivity index (χ1n) is 8.48. The van der Waals surface area contributed by atoms with Crippen molar-refractivity contribution in [2.75, 3.05) is 6.54 Å². The Labute approximate surface area is 153 Å². The predicted octanol–water partition coefficient (Wildman–Crippen LogP) is 3.79. The maximum Gasteiger partial charge on any atom is 0.308 e. The summed E-state index contributed by atoms with van der Waals surface area (Å²) >= 11 is 0. The molecule has 0 fully saturated rings. The first-order chi connectivity index (χ1) is 12.3. The zero-order valence-electron chi connectivity index (χ0n) is 15.5. The lowest BCUT2D eigenvalue weighted by Gasteiger charge is -2.14. The summed E-state index contributed by atoms with van der Waals surface area (Å²) < 4.78 is 5.31. The normalized spacial score (nSPS) is 10.5. The van der Waals surface area contributed by atoms with Gasteiger partial charge < -0.3 is 10.1 Å². The molecule has 2 aromatic carbocycles. The molecule has 0 radical (unpaired) electrons. The summed E-state index contributed by atoms with van der Waals surface area (Å²) in [5.41, 5.74) is 3.08. The number of amides is 1. The van der Waals surface area contributed by atoms with E-state index in [4.69, 9.17) is 4.74 Å². The van der Waals surface area contributed by atoms with Gasteiger partial charge in [-0.15, -0.1) is 0 Å². The first-order valence-corrected chi connectivity index (χ1v) is 8.48. The fourth-order valence-electron chi connectivity index (χ4n) is 2.55. The standard InChI is InChI=1S/C21H23NO4/c1-13(2)11-22-21(25)16-6-8-19(20(10-16)26-15(4)24)18-7-5-14(3)9-17(18)12-23/h5-10,12-13H,11H2,1-4H3,(H,22,25). The van der Waals surface area contributed by atoms with Crippen molar-refractivity contribution in [3.8, 4) is 16.9 Å². The molecule has 26 heavy (non-hydrogen) atoms. The summed E-state index contributed by atoms with van der Waals surface area (Å²) in [7, 11) is 0. The highest BCUT2D eigenvalue weighted by atomic mass is 16.5. The number of benzene rings is 2. The number of carbonyl (C=O) groups excluding carboxylic acids is 3. The monoisotopic (exact) mass is 353 g/mol. The fraction of sp³-hybridized carbons (Fsp3) is 0.286. The summed E-state index contributed by atoms with van der Waals surface area (Å²) in [5.74, 6) is -0.153. The molecule has 136 valence electrons. The number of rotatable bonds is 6.